The van der Waals surface area contributed by atoms with E-state index in [0.29, 0.717) is 19.3 Å². The maximum atomic E-state index is 12.4. The Bertz CT molecular complexity index is 1190. The second kappa shape index (κ2) is 37.3. The van der Waals surface area contributed by atoms with Crippen LogP contribution in [0.4, 0.5) is 0 Å². The molecule has 9 nitrogen and oxygen atoms in total. The molecule has 0 aromatic heterocycles. The largest absolute Gasteiger partial charge is 0.469 e. The van der Waals surface area contributed by atoms with Gasteiger partial charge in [-0.15, -0.1) is 0 Å². The van der Waals surface area contributed by atoms with E-state index in [0.717, 1.165) is 89.9 Å². The Morgan fingerprint density at radius 1 is 0.566 bits per heavy atom. The molecule has 0 fully saturated rings. The number of esters is 2. The molecular formula is C43H69O9P. The number of hydrogen-bond acceptors (Lipinski definition) is 7. The molecule has 0 amide bonds. The third-order valence-electron chi connectivity index (χ3n) is 7.75. The number of ether oxygens (including phenoxy) is 2. The van der Waals surface area contributed by atoms with Crippen molar-refractivity contribution in [3.05, 3.63) is 97.2 Å². The topological polar surface area (TPSA) is 140 Å². The van der Waals surface area contributed by atoms with Crippen LogP contribution in [0.15, 0.2) is 97.2 Å². The predicted octanol–water partition coefficient (Wildman–Crippen LogP) is 10.8. The summed E-state index contributed by atoms with van der Waals surface area (Å²) in [6.45, 7) is 3.20. The van der Waals surface area contributed by atoms with Gasteiger partial charge in [0.2, 0.25) is 0 Å². The van der Waals surface area contributed by atoms with Crippen molar-refractivity contribution in [1.82, 2.24) is 0 Å². The van der Waals surface area contributed by atoms with Gasteiger partial charge in [-0.2, -0.15) is 0 Å². The number of carbonyl (C=O) groups excluding carboxylic acids is 2. The fourth-order valence-electron chi connectivity index (χ4n) is 4.69. The van der Waals surface area contributed by atoms with Gasteiger partial charge in [0.25, 0.3) is 0 Å². The maximum Gasteiger partial charge on any atom is 0.469 e. The van der Waals surface area contributed by atoms with Gasteiger partial charge in [-0.25, -0.2) is 4.57 Å². The fraction of sp³-hybridized carbons (Fsp3) is 0.581. The van der Waals surface area contributed by atoms with E-state index < -0.39 is 32.5 Å². The zero-order valence-electron chi connectivity index (χ0n) is 32.5. The minimum atomic E-state index is -4.79. The van der Waals surface area contributed by atoms with Crippen molar-refractivity contribution in [3.8, 4) is 0 Å². The van der Waals surface area contributed by atoms with Crippen molar-refractivity contribution in [2.24, 2.45) is 0 Å². The standard InChI is InChI=1S/C43H69O9P/c1-3-5-6-7-8-9-10-11-12-13-14-18-21-24-27-30-33-36-42(45)50-38-41(39-51-53(47,48)49)52-43(46)37-34-31-28-25-22-19-16-15-17-20-23-26-29-32-35-40(44)4-2/h5-6,8-9,11-12,14,16-20,25-26,28-29,40-41,44H,3-4,7,10,13,15,21-24,27,30-39H2,1-2H3,(H2,47,48,49)/b6-5-,9-8-,12-11-,18-14-,19-16-,20-17-,28-25-,29-26-/t40-,41-/m1/s1. The summed E-state index contributed by atoms with van der Waals surface area (Å²) in [5.74, 6) is -1.01. The Morgan fingerprint density at radius 3 is 1.53 bits per heavy atom. The molecule has 0 aromatic rings. The van der Waals surface area contributed by atoms with E-state index >= 15 is 0 Å². The summed E-state index contributed by atoms with van der Waals surface area (Å²) in [7, 11) is -4.79. The lowest BCUT2D eigenvalue weighted by Gasteiger charge is -2.18. The number of unbranched alkanes of at least 4 members (excludes halogenated alkanes) is 5. The SMILES string of the molecule is CC/C=C\C/C=C\C/C=C\C/C=C\CCCCCCC(=O)OC[C@H](COP(=O)(O)O)OC(=O)CCC/C=C\C/C=C\C/C=C\C/C=C\CC[C@H](O)CC. The highest BCUT2D eigenvalue weighted by Gasteiger charge is 2.22. The third-order valence-corrected chi connectivity index (χ3v) is 8.24. The average Bonchev–Trinajstić information content (AvgIpc) is 3.13. The summed E-state index contributed by atoms with van der Waals surface area (Å²) in [5.41, 5.74) is 0. The van der Waals surface area contributed by atoms with Crippen molar-refractivity contribution in [2.75, 3.05) is 13.2 Å². The number of phosphoric ester groups is 1. The molecule has 0 rings (SSSR count). The number of rotatable bonds is 34. The van der Waals surface area contributed by atoms with Gasteiger partial charge in [-0.3, -0.25) is 14.1 Å². The molecule has 10 heteroatoms. The van der Waals surface area contributed by atoms with Gasteiger partial charge >= 0.3 is 19.8 Å². The number of aliphatic hydroxyl groups excluding tert-OH is 1. The van der Waals surface area contributed by atoms with E-state index in [1.54, 1.807) is 0 Å². The average molecular weight is 761 g/mol. The molecule has 0 saturated heterocycles. The lowest BCUT2D eigenvalue weighted by molar-refractivity contribution is -0.161. The maximum absolute atomic E-state index is 12.4. The number of hydrogen-bond donors (Lipinski definition) is 3. The highest BCUT2D eigenvalue weighted by Crippen LogP contribution is 2.35. The smallest absolute Gasteiger partial charge is 0.462 e. The first-order valence-corrected chi connectivity index (χ1v) is 21.1. The van der Waals surface area contributed by atoms with Crippen LogP contribution in [0.25, 0.3) is 0 Å². The Hall–Kier alpha value is -3.07. The van der Waals surface area contributed by atoms with Crippen LogP contribution in [0, 0.1) is 0 Å². The van der Waals surface area contributed by atoms with Crippen LogP contribution in [0.2, 0.25) is 0 Å². The molecule has 0 aliphatic heterocycles. The Morgan fingerprint density at radius 2 is 1.02 bits per heavy atom. The summed E-state index contributed by atoms with van der Waals surface area (Å²) in [5, 5.41) is 9.53. The molecule has 0 heterocycles. The Labute approximate surface area is 320 Å². The molecule has 300 valence electrons. The monoisotopic (exact) mass is 760 g/mol. The zero-order chi connectivity index (χ0) is 39.1. The van der Waals surface area contributed by atoms with Crippen molar-refractivity contribution >= 4 is 19.8 Å². The summed E-state index contributed by atoms with van der Waals surface area (Å²) >= 11 is 0. The fourth-order valence-corrected chi connectivity index (χ4v) is 5.05. The molecular weight excluding hydrogens is 691 g/mol. The van der Waals surface area contributed by atoms with Gasteiger partial charge in [-0.1, -0.05) is 124 Å². The first-order valence-electron chi connectivity index (χ1n) is 19.6. The lowest BCUT2D eigenvalue weighted by atomic mass is 10.1. The molecule has 0 aliphatic carbocycles. The van der Waals surface area contributed by atoms with Gasteiger partial charge in [0, 0.05) is 12.8 Å². The van der Waals surface area contributed by atoms with Crippen LogP contribution in [0.5, 0.6) is 0 Å². The highest BCUT2D eigenvalue weighted by molar-refractivity contribution is 7.46. The number of aliphatic hydroxyl groups is 1. The Kier molecular flexibility index (Phi) is 35.1. The van der Waals surface area contributed by atoms with E-state index in [-0.39, 0.29) is 25.6 Å². The zero-order valence-corrected chi connectivity index (χ0v) is 33.4. The first kappa shape index (κ1) is 49.9. The molecule has 0 radical (unpaired) electrons. The van der Waals surface area contributed by atoms with Gasteiger partial charge in [0.15, 0.2) is 6.10 Å². The molecule has 0 bridgehead atoms. The molecule has 2 atom stereocenters. The van der Waals surface area contributed by atoms with E-state index in [9.17, 15) is 19.3 Å². The molecule has 0 aromatic carbocycles. The van der Waals surface area contributed by atoms with Crippen molar-refractivity contribution in [2.45, 2.75) is 148 Å². The molecule has 53 heavy (non-hydrogen) atoms. The normalized spacial score (nSPS) is 14.1. The molecule has 3 N–H and O–H groups in total. The first-order chi connectivity index (χ1) is 25.7. The van der Waals surface area contributed by atoms with Crippen LogP contribution in [-0.2, 0) is 28.2 Å². The van der Waals surface area contributed by atoms with E-state index in [1.807, 2.05) is 19.1 Å². The Balaban J connectivity index is 4.14. The summed E-state index contributed by atoms with van der Waals surface area (Å²) in [6, 6.07) is 0. The lowest BCUT2D eigenvalue weighted by Crippen LogP contribution is -2.29. The van der Waals surface area contributed by atoms with Crippen LogP contribution in [0.3, 0.4) is 0 Å². The second-order valence-corrected chi connectivity index (χ2v) is 13.9. The van der Waals surface area contributed by atoms with Crippen molar-refractivity contribution < 1.29 is 43.0 Å². The summed E-state index contributed by atoms with van der Waals surface area (Å²) < 4.78 is 26.2. The van der Waals surface area contributed by atoms with E-state index in [1.165, 1.54) is 0 Å². The predicted molar refractivity (Wildman–Crippen MR) is 217 cm³/mol. The minimum absolute atomic E-state index is 0.111. The summed E-state index contributed by atoms with van der Waals surface area (Å²) in [6.07, 6.45) is 47.9. The van der Waals surface area contributed by atoms with Gasteiger partial charge in [0.1, 0.15) is 6.61 Å². The van der Waals surface area contributed by atoms with Gasteiger partial charge < -0.3 is 24.4 Å². The molecule has 0 spiro atoms. The molecule has 0 aliphatic rings. The number of allylic oxidation sites excluding steroid dienone is 16. The molecule has 0 saturated carbocycles. The summed E-state index contributed by atoms with van der Waals surface area (Å²) in [4.78, 5) is 42.7. The number of carbonyl (C=O) groups is 2. The quantitative estimate of drug-likeness (QED) is 0.0253. The molecule has 0 unspecified atom stereocenters. The van der Waals surface area contributed by atoms with Crippen molar-refractivity contribution in [1.29, 1.82) is 0 Å². The van der Waals surface area contributed by atoms with Crippen LogP contribution in [0.1, 0.15) is 136 Å². The van der Waals surface area contributed by atoms with Crippen LogP contribution in [-0.4, -0.2) is 52.3 Å². The second-order valence-electron chi connectivity index (χ2n) is 12.7. The minimum Gasteiger partial charge on any atom is -0.462 e. The van der Waals surface area contributed by atoms with Crippen LogP contribution < -0.4 is 0 Å². The van der Waals surface area contributed by atoms with Gasteiger partial charge in [0.05, 0.1) is 12.7 Å². The highest BCUT2D eigenvalue weighted by atomic mass is 31.2. The number of phosphoric acid groups is 1. The van der Waals surface area contributed by atoms with E-state index in [2.05, 4.69) is 96.5 Å². The third kappa shape index (κ3) is 40.0. The van der Waals surface area contributed by atoms with Crippen LogP contribution >= 0.6 is 7.82 Å². The van der Waals surface area contributed by atoms with Gasteiger partial charge in [-0.05, 0) is 96.3 Å². The van der Waals surface area contributed by atoms with Crippen molar-refractivity contribution in [3.63, 3.8) is 0 Å². The van der Waals surface area contributed by atoms with E-state index in [4.69, 9.17) is 19.3 Å².